The summed E-state index contributed by atoms with van der Waals surface area (Å²) < 4.78 is 18.2. The number of esters is 1. The Balaban J connectivity index is 1.34. The Kier molecular flexibility index (Phi) is 8.54. The number of hydrogen-bond donors (Lipinski definition) is 1. The fraction of sp³-hybridized carbons (Fsp3) is 0.282. The number of phenolic OH excluding ortho intramolecular Hbond substituents is 1. The molecule has 240 valence electrons. The fourth-order valence-electron chi connectivity index (χ4n) is 6.84. The first-order valence-corrected chi connectivity index (χ1v) is 16.2. The lowest BCUT2D eigenvalue weighted by Crippen LogP contribution is -2.46. The zero-order chi connectivity index (χ0) is 32.5. The van der Waals surface area contributed by atoms with E-state index in [9.17, 15) is 9.90 Å². The number of aromatic nitrogens is 1. The smallest absolute Gasteiger partial charge is 0.342 e. The van der Waals surface area contributed by atoms with Crippen molar-refractivity contribution < 1.29 is 23.8 Å². The molecule has 7 rings (SSSR count). The first kappa shape index (κ1) is 30.7. The second-order valence-electron chi connectivity index (χ2n) is 12.2. The predicted molar refractivity (Wildman–Crippen MR) is 184 cm³/mol. The molecule has 1 aliphatic heterocycles. The number of phenols is 1. The van der Waals surface area contributed by atoms with Crippen LogP contribution in [0, 0.1) is 6.92 Å². The van der Waals surface area contributed by atoms with Gasteiger partial charge in [0.1, 0.15) is 28.4 Å². The Bertz CT molecular complexity index is 2060. The van der Waals surface area contributed by atoms with Crippen LogP contribution in [0.2, 0.25) is 0 Å². The Morgan fingerprint density at radius 1 is 0.957 bits per heavy atom. The van der Waals surface area contributed by atoms with Crippen LogP contribution in [0.5, 0.6) is 11.5 Å². The molecule has 1 saturated heterocycles. The minimum atomic E-state index is -0.468. The average Bonchev–Trinajstić information content (AvgIpc) is 3.44. The highest BCUT2D eigenvalue weighted by Gasteiger charge is 2.35. The van der Waals surface area contributed by atoms with Crippen LogP contribution in [0.15, 0.2) is 89.6 Å². The molecule has 0 amide bonds. The minimum absolute atomic E-state index is 0.0968. The molecule has 4 aromatic carbocycles. The van der Waals surface area contributed by atoms with E-state index in [0.29, 0.717) is 51.0 Å². The second-order valence-corrected chi connectivity index (χ2v) is 12.2. The number of fused-ring (bicyclic) bond motifs is 4. The number of carbonyl (C=O) groups excluding carboxylic acids is 1. The molecule has 0 saturated carbocycles. The number of hydrogen-bond acceptors (Lipinski definition) is 8. The van der Waals surface area contributed by atoms with Crippen molar-refractivity contribution in [1.29, 1.82) is 0 Å². The van der Waals surface area contributed by atoms with Crippen LogP contribution in [0.4, 0.5) is 0 Å². The third-order valence-electron chi connectivity index (χ3n) is 9.25. The van der Waals surface area contributed by atoms with Gasteiger partial charge in [0.2, 0.25) is 0 Å². The number of pyridine rings is 1. The van der Waals surface area contributed by atoms with Gasteiger partial charge in [0, 0.05) is 66.7 Å². The summed E-state index contributed by atoms with van der Waals surface area (Å²) in [7, 11) is 2.12. The SMILES string of the molecule is CCOC(=O)c1c(C)oc2c1c(C(c1ccncc1)N1CCN(C)CC1)c(O)c1cc(OCCc3ccc4ccccc4c3)ccc12. The van der Waals surface area contributed by atoms with E-state index in [-0.39, 0.29) is 18.4 Å². The van der Waals surface area contributed by atoms with Crippen molar-refractivity contribution in [2.24, 2.45) is 0 Å². The topological polar surface area (TPSA) is 88.3 Å². The molecule has 6 aromatic rings. The molecule has 47 heavy (non-hydrogen) atoms. The monoisotopic (exact) mass is 629 g/mol. The molecule has 0 spiro atoms. The van der Waals surface area contributed by atoms with Gasteiger partial charge in [-0.1, -0.05) is 42.5 Å². The lowest BCUT2D eigenvalue weighted by atomic mass is 9.89. The highest BCUT2D eigenvalue weighted by atomic mass is 16.5. The van der Waals surface area contributed by atoms with Crippen molar-refractivity contribution in [3.05, 3.63) is 113 Å². The van der Waals surface area contributed by atoms with Crippen molar-refractivity contribution in [3.8, 4) is 11.5 Å². The summed E-state index contributed by atoms with van der Waals surface area (Å²) in [6.45, 7) is 7.60. The van der Waals surface area contributed by atoms with Gasteiger partial charge in [-0.25, -0.2) is 4.79 Å². The van der Waals surface area contributed by atoms with Crippen molar-refractivity contribution in [2.45, 2.75) is 26.3 Å². The molecule has 1 unspecified atom stereocenters. The van der Waals surface area contributed by atoms with Gasteiger partial charge >= 0.3 is 5.97 Å². The number of aromatic hydroxyl groups is 1. The Labute approximate surface area is 274 Å². The molecule has 0 radical (unpaired) electrons. The largest absolute Gasteiger partial charge is 0.507 e. The van der Waals surface area contributed by atoms with Gasteiger partial charge in [-0.3, -0.25) is 9.88 Å². The van der Waals surface area contributed by atoms with Crippen molar-refractivity contribution in [3.63, 3.8) is 0 Å². The van der Waals surface area contributed by atoms with E-state index < -0.39 is 5.97 Å². The van der Waals surface area contributed by atoms with Gasteiger partial charge in [0.25, 0.3) is 0 Å². The van der Waals surface area contributed by atoms with Gasteiger partial charge in [-0.2, -0.15) is 0 Å². The van der Waals surface area contributed by atoms with Crippen LogP contribution in [0.1, 0.15) is 45.8 Å². The predicted octanol–water partition coefficient (Wildman–Crippen LogP) is 7.28. The molecule has 8 heteroatoms. The van der Waals surface area contributed by atoms with Crippen molar-refractivity contribution >= 4 is 38.5 Å². The molecule has 1 atom stereocenters. The maximum absolute atomic E-state index is 13.5. The molecule has 0 aliphatic carbocycles. The molecule has 8 nitrogen and oxygen atoms in total. The van der Waals surface area contributed by atoms with E-state index in [1.165, 1.54) is 16.3 Å². The van der Waals surface area contributed by atoms with Gasteiger partial charge in [0.05, 0.1) is 19.3 Å². The lowest BCUT2D eigenvalue weighted by Gasteiger charge is -2.39. The minimum Gasteiger partial charge on any atom is -0.507 e. The molecule has 3 heterocycles. The zero-order valence-corrected chi connectivity index (χ0v) is 27.0. The van der Waals surface area contributed by atoms with Crippen LogP contribution in [0.25, 0.3) is 32.5 Å². The molecule has 1 N–H and O–H groups in total. The van der Waals surface area contributed by atoms with Crippen LogP contribution < -0.4 is 4.74 Å². The summed E-state index contributed by atoms with van der Waals surface area (Å²) in [6.07, 6.45) is 4.27. The standard InChI is InChI=1S/C39H39N3O5/c1-4-45-39(44)33-25(2)47-38-31-12-11-30(46-22-15-26-9-10-27-7-5-6-8-29(27)23-26)24-32(31)37(43)35(34(33)38)36(28-13-16-40-17-14-28)42-20-18-41(3)19-21-42/h5-14,16-17,23-24,36,43H,4,15,18-22H2,1-3H3. The van der Waals surface area contributed by atoms with Crippen LogP contribution >= 0.6 is 0 Å². The average molecular weight is 630 g/mol. The van der Waals surface area contributed by atoms with Crippen molar-refractivity contribution in [2.75, 3.05) is 46.4 Å². The molecule has 0 bridgehead atoms. The van der Waals surface area contributed by atoms with Gasteiger partial charge in [-0.05, 0) is 73.1 Å². The van der Waals surface area contributed by atoms with Crippen molar-refractivity contribution in [1.82, 2.24) is 14.8 Å². The summed E-state index contributed by atoms with van der Waals surface area (Å²) in [5.74, 6) is 0.728. The number of nitrogens with zero attached hydrogens (tertiary/aromatic N) is 3. The summed E-state index contributed by atoms with van der Waals surface area (Å²) in [5.41, 5.74) is 3.68. The maximum Gasteiger partial charge on any atom is 0.342 e. The van der Waals surface area contributed by atoms with E-state index in [4.69, 9.17) is 13.9 Å². The highest BCUT2D eigenvalue weighted by molar-refractivity contribution is 6.17. The van der Waals surface area contributed by atoms with E-state index in [1.54, 1.807) is 26.2 Å². The Morgan fingerprint density at radius 3 is 2.49 bits per heavy atom. The highest BCUT2D eigenvalue weighted by Crippen LogP contribution is 2.48. The quantitative estimate of drug-likeness (QED) is 0.167. The van der Waals surface area contributed by atoms with Crippen LogP contribution in [-0.2, 0) is 11.2 Å². The van der Waals surface area contributed by atoms with Crippen LogP contribution in [-0.4, -0.2) is 72.3 Å². The zero-order valence-electron chi connectivity index (χ0n) is 27.0. The number of piperazine rings is 1. The van der Waals surface area contributed by atoms with Gasteiger partial charge < -0.3 is 23.9 Å². The summed E-state index contributed by atoms with van der Waals surface area (Å²) >= 11 is 0. The maximum atomic E-state index is 13.5. The second kappa shape index (κ2) is 13.1. The number of rotatable bonds is 9. The third-order valence-corrected chi connectivity index (χ3v) is 9.25. The number of ether oxygens (including phenoxy) is 2. The van der Waals surface area contributed by atoms with E-state index in [2.05, 4.69) is 58.2 Å². The van der Waals surface area contributed by atoms with Gasteiger partial charge in [-0.15, -0.1) is 0 Å². The molecule has 1 aliphatic rings. The molecule has 1 fully saturated rings. The first-order valence-electron chi connectivity index (χ1n) is 16.2. The van der Waals surface area contributed by atoms with Gasteiger partial charge in [0.15, 0.2) is 0 Å². The molecule has 2 aromatic heterocycles. The molecular weight excluding hydrogens is 590 g/mol. The van der Waals surface area contributed by atoms with E-state index in [0.717, 1.165) is 38.2 Å². The normalized spacial score (nSPS) is 15.0. The lowest BCUT2D eigenvalue weighted by molar-refractivity contribution is 0.0526. The first-order chi connectivity index (χ1) is 22.9. The number of carbonyl (C=O) groups is 1. The number of benzene rings is 4. The number of furan rings is 1. The summed E-state index contributed by atoms with van der Waals surface area (Å²) in [4.78, 5) is 22.4. The summed E-state index contributed by atoms with van der Waals surface area (Å²) in [6, 6.07) is 24.1. The Hall–Kier alpha value is -4.92. The Morgan fingerprint density at radius 2 is 1.72 bits per heavy atom. The number of aryl methyl sites for hydroxylation is 1. The number of likely N-dealkylation sites (N-methyl/N-ethyl adjacent to an activating group) is 1. The summed E-state index contributed by atoms with van der Waals surface area (Å²) in [5, 5.41) is 16.6. The van der Waals surface area contributed by atoms with Crippen LogP contribution in [0.3, 0.4) is 0 Å². The van der Waals surface area contributed by atoms with E-state index >= 15 is 0 Å². The molecular formula is C39H39N3O5. The third kappa shape index (κ3) is 5.90. The van der Waals surface area contributed by atoms with E-state index in [1.807, 2.05) is 36.4 Å². The fourth-order valence-corrected chi connectivity index (χ4v) is 6.84.